The molecule has 0 bridgehead atoms. The molecule has 0 aliphatic carbocycles. The summed E-state index contributed by atoms with van der Waals surface area (Å²) < 4.78 is 5.54. The van der Waals surface area contributed by atoms with Gasteiger partial charge >= 0.3 is 71.4 Å². The van der Waals surface area contributed by atoms with Crippen LogP contribution in [0.3, 0.4) is 0 Å². The Morgan fingerprint density at radius 2 is 1.90 bits per heavy atom. The van der Waals surface area contributed by atoms with Gasteiger partial charge in [-0.15, -0.1) is 0 Å². The third-order valence-electron chi connectivity index (χ3n) is 0.725. The fourth-order valence-corrected chi connectivity index (χ4v) is 1.01. The van der Waals surface area contributed by atoms with Gasteiger partial charge in [0.25, 0.3) is 0 Å². The van der Waals surface area contributed by atoms with E-state index in [9.17, 15) is 0 Å². The maximum absolute atomic E-state index is 4.86. The van der Waals surface area contributed by atoms with E-state index in [0.717, 1.165) is 0 Å². The molecule has 3 heteroatoms. The molecule has 0 saturated heterocycles. The van der Waals surface area contributed by atoms with Crippen molar-refractivity contribution in [1.82, 2.24) is 0 Å². The molecule has 0 fully saturated rings. The van der Waals surface area contributed by atoms with Crippen molar-refractivity contribution in [3.05, 3.63) is 0 Å². The molecule has 0 atom stereocenters. The number of ether oxygens (including phenoxy) is 1. The van der Waals surface area contributed by atoms with Crippen LogP contribution in [0.15, 0.2) is 0 Å². The van der Waals surface area contributed by atoms with Crippen molar-refractivity contribution < 1.29 is 20.6 Å². The van der Waals surface area contributed by atoms with Gasteiger partial charge in [0.1, 0.15) is 0 Å². The van der Waals surface area contributed by atoms with Crippen molar-refractivity contribution in [3.8, 4) is 11.5 Å². The van der Waals surface area contributed by atoms with Gasteiger partial charge in [0, 0.05) is 0 Å². The molecule has 10 heavy (non-hydrogen) atoms. The molecule has 0 aromatic heterocycles. The Morgan fingerprint density at radius 1 is 1.40 bits per heavy atom. The second-order valence-corrected chi connectivity index (χ2v) is 8.32. The topological polar surface area (TPSA) is 9.23 Å². The molecule has 0 heterocycles. The van der Waals surface area contributed by atoms with Crippen molar-refractivity contribution in [2.24, 2.45) is 0 Å². The molecule has 0 aromatic rings. The first-order valence-corrected chi connectivity index (χ1v) is 7.20. The van der Waals surface area contributed by atoms with E-state index < -0.39 is 8.07 Å². The Kier molecular flexibility index (Phi) is 4.17. The average molecular weight is 192 g/mol. The summed E-state index contributed by atoms with van der Waals surface area (Å²) in [7, 11) is 0.398. The Hall–Kier alpha value is 0.139. The van der Waals surface area contributed by atoms with E-state index in [0.29, 0.717) is 4.57 Å². The molecular weight excluding hydrogens is 180 g/mol. The Labute approximate surface area is 71.7 Å². The van der Waals surface area contributed by atoms with E-state index in [-0.39, 0.29) is 0 Å². The zero-order valence-corrected chi connectivity index (χ0v) is 9.09. The fourth-order valence-electron chi connectivity index (χ4n) is 0.290. The first kappa shape index (κ1) is 10.1. The van der Waals surface area contributed by atoms with Crippen molar-refractivity contribution in [2.75, 3.05) is 7.11 Å². The van der Waals surface area contributed by atoms with E-state index in [1.807, 2.05) is 0 Å². The monoisotopic (exact) mass is 192 g/mol. The van der Waals surface area contributed by atoms with Gasteiger partial charge in [-0.2, -0.15) is 0 Å². The summed E-state index contributed by atoms with van der Waals surface area (Å²) >= 11 is 2.74. The van der Waals surface area contributed by atoms with Gasteiger partial charge < -0.3 is 0 Å². The Balaban J connectivity index is 4.05. The second kappa shape index (κ2) is 4.11. The Morgan fingerprint density at radius 3 is 2.20 bits per heavy atom. The molecule has 0 saturated carbocycles. The van der Waals surface area contributed by atoms with E-state index in [1.54, 1.807) is 7.11 Å². The predicted octanol–water partition coefficient (Wildman–Crippen LogP) is 1.19. The summed E-state index contributed by atoms with van der Waals surface area (Å²) in [4.78, 5) is 0. The number of hydrogen-bond acceptors (Lipinski definition) is 1. The molecule has 0 N–H and O–H groups in total. The van der Waals surface area contributed by atoms with E-state index in [1.165, 1.54) is 0 Å². The van der Waals surface area contributed by atoms with Gasteiger partial charge in [0.05, 0.1) is 0 Å². The van der Waals surface area contributed by atoms with Gasteiger partial charge in [-0.3, -0.25) is 0 Å². The van der Waals surface area contributed by atoms with Crippen LogP contribution >= 0.6 is 0 Å². The predicted molar refractivity (Wildman–Crippen MR) is 43.1 cm³/mol. The summed E-state index contributed by atoms with van der Waals surface area (Å²) in [6.07, 6.45) is 0. The van der Waals surface area contributed by atoms with Crippen molar-refractivity contribution in [3.63, 3.8) is 0 Å². The SMILES string of the molecule is CO[C](=[Cr])C#C[Si](C)(C)C. The Bertz CT molecular complexity index is 182. The molecule has 0 rings (SSSR count). The van der Waals surface area contributed by atoms with Crippen LogP contribution in [0.4, 0.5) is 0 Å². The fraction of sp³-hybridized carbons (Fsp3) is 0.571. The van der Waals surface area contributed by atoms with E-state index in [2.05, 4.69) is 47.0 Å². The van der Waals surface area contributed by atoms with Crippen molar-refractivity contribution in [1.29, 1.82) is 0 Å². The average Bonchev–Trinajstić information content (AvgIpc) is 1.81. The van der Waals surface area contributed by atoms with Crippen molar-refractivity contribution in [2.45, 2.75) is 19.6 Å². The van der Waals surface area contributed by atoms with Crippen LogP contribution < -0.4 is 0 Å². The molecule has 0 aromatic carbocycles. The van der Waals surface area contributed by atoms with Gasteiger partial charge in [-0.1, -0.05) is 0 Å². The second-order valence-electron chi connectivity index (χ2n) is 2.99. The van der Waals surface area contributed by atoms with E-state index in [4.69, 9.17) is 4.74 Å². The van der Waals surface area contributed by atoms with Crippen LogP contribution in [0.1, 0.15) is 0 Å². The van der Waals surface area contributed by atoms with Crippen LogP contribution in [-0.4, -0.2) is 19.7 Å². The molecule has 0 amide bonds. The normalized spacial score (nSPS) is 10.0. The summed E-state index contributed by atoms with van der Waals surface area (Å²) in [6, 6.07) is 0. The van der Waals surface area contributed by atoms with Crippen molar-refractivity contribution >= 4 is 12.6 Å². The molecule has 0 aliphatic rings. The summed E-state index contributed by atoms with van der Waals surface area (Å²) in [5.74, 6) is 2.92. The van der Waals surface area contributed by atoms with E-state index >= 15 is 0 Å². The third-order valence-corrected chi connectivity index (χ3v) is 2.02. The van der Waals surface area contributed by atoms with Gasteiger partial charge in [-0.05, 0) is 0 Å². The number of rotatable bonds is 1. The first-order valence-electron chi connectivity index (χ1n) is 3.07. The van der Waals surface area contributed by atoms with Crippen LogP contribution in [0.2, 0.25) is 19.6 Å². The molecule has 0 radical (unpaired) electrons. The molecule has 0 spiro atoms. The maximum atomic E-state index is 4.86. The van der Waals surface area contributed by atoms with Crippen LogP contribution in [0, 0.1) is 11.5 Å². The molecule has 56 valence electrons. The quantitative estimate of drug-likeness (QED) is 0.448. The summed E-state index contributed by atoms with van der Waals surface area (Å²) in [5, 5.41) is 0. The van der Waals surface area contributed by atoms with Crippen LogP contribution in [0.5, 0.6) is 0 Å². The summed E-state index contributed by atoms with van der Waals surface area (Å²) in [6.45, 7) is 6.59. The molecule has 0 aliphatic heterocycles. The van der Waals surface area contributed by atoms with Gasteiger partial charge in [0.15, 0.2) is 0 Å². The van der Waals surface area contributed by atoms with Crippen LogP contribution in [-0.2, 0) is 20.6 Å². The third kappa shape index (κ3) is 6.26. The van der Waals surface area contributed by atoms with Gasteiger partial charge in [-0.25, -0.2) is 0 Å². The van der Waals surface area contributed by atoms with Crippen LogP contribution in [0.25, 0.3) is 0 Å². The first-order chi connectivity index (χ1) is 4.45. The number of methoxy groups -OCH3 is 1. The minimum absolute atomic E-state index is 0.683. The van der Waals surface area contributed by atoms with Gasteiger partial charge in [0.2, 0.25) is 0 Å². The molecular formula is C7H12CrOSi. The molecule has 0 unspecified atom stereocenters. The minimum atomic E-state index is -1.22. The number of hydrogen-bond donors (Lipinski definition) is 0. The zero-order chi connectivity index (χ0) is 8.20. The standard InChI is InChI=1S/C7H12OSi.Cr/c1-8-6-5-7-9(2,3)4;/h1-4H3;. The molecule has 1 nitrogen and oxygen atoms in total. The summed E-state index contributed by atoms with van der Waals surface area (Å²) in [5.41, 5.74) is 3.17. The zero-order valence-electron chi connectivity index (χ0n) is 6.82.